The van der Waals surface area contributed by atoms with Gasteiger partial charge in [-0.25, -0.2) is 0 Å². The Morgan fingerprint density at radius 1 is 0.862 bits per heavy atom. The summed E-state index contributed by atoms with van der Waals surface area (Å²) in [5, 5.41) is 0. The van der Waals surface area contributed by atoms with E-state index in [0.29, 0.717) is 0 Å². The second-order valence-electron chi connectivity index (χ2n) is 12.3. The monoisotopic (exact) mass is 408 g/mol. The maximum absolute atomic E-state index is 2.55. The van der Waals surface area contributed by atoms with Gasteiger partial charge < -0.3 is 8.97 Å². The van der Waals surface area contributed by atoms with Crippen LogP contribution >= 0.6 is 0 Å². The highest BCUT2D eigenvalue weighted by molar-refractivity contribution is 4.76. The average Bonchev–Trinajstić information content (AvgIpc) is 2.79. The molecule has 2 heterocycles. The molecule has 2 aliphatic rings. The summed E-state index contributed by atoms with van der Waals surface area (Å²) in [6.07, 6.45) is 13.0. The molecular formula is C27H56N2+2. The van der Waals surface area contributed by atoms with Crippen molar-refractivity contribution < 1.29 is 8.97 Å². The molecule has 172 valence electrons. The summed E-state index contributed by atoms with van der Waals surface area (Å²) in [5.74, 6) is 4.56. The van der Waals surface area contributed by atoms with Gasteiger partial charge in [-0.1, -0.05) is 41.0 Å². The van der Waals surface area contributed by atoms with E-state index in [9.17, 15) is 0 Å². The molecule has 0 N–H and O–H groups in total. The fraction of sp³-hybridized carbons (Fsp3) is 1.00. The highest BCUT2D eigenvalue weighted by atomic mass is 15.4. The van der Waals surface area contributed by atoms with E-state index >= 15 is 0 Å². The van der Waals surface area contributed by atoms with Gasteiger partial charge in [0.25, 0.3) is 0 Å². The van der Waals surface area contributed by atoms with Gasteiger partial charge in [-0.3, -0.25) is 0 Å². The zero-order valence-corrected chi connectivity index (χ0v) is 21.4. The summed E-state index contributed by atoms with van der Waals surface area (Å²) in [6.45, 7) is 21.1. The molecule has 2 rings (SSSR count). The molecular weight excluding hydrogens is 352 g/mol. The van der Waals surface area contributed by atoms with E-state index < -0.39 is 0 Å². The van der Waals surface area contributed by atoms with Crippen LogP contribution in [0.5, 0.6) is 0 Å². The summed E-state index contributed by atoms with van der Waals surface area (Å²) >= 11 is 0. The minimum atomic E-state index is 0.870. The second kappa shape index (κ2) is 11.5. The van der Waals surface area contributed by atoms with Crippen LogP contribution < -0.4 is 0 Å². The summed E-state index contributed by atoms with van der Waals surface area (Å²) in [4.78, 5) is 0. The molecule has 0 aromatic carbocycles. The summed E-state index contributed by atoms with van der Waals surface area (Å²) < 4.78 is 2.69. The lowest BCUT2D eigenvalue weighted by Gasteiger charge is -2.43. The first-order valence-corrected chi connectivity index (χ1v) is 13.3. The van der Waals surface area contributed by atoms with Gasteiger partial charge in [-0.05, 0) is 69.1 Å². The minimum absolute atomic E-state index is 0.870. The molecule has 0 saturated carbocycles. The number of hydrogen-bond donors (Lipinski definition) is 0. The third-order valence-corrected chi connectivity index (χ3v) is 9.07. The Balaban J connectivity index is 1.83. The van der Waals surface area contributed by atoms with Crippen LogP contribution in [-0.4, -0.2) is 62.3 Å². The fourth-order valence-electron chi connectivity index (χ4n) is 6.32. The number of piperidine rings is 1. The Bertz CT molecular complexity index is 451. The topological polar surface area (TPSA) is 0 Å². The molecule has 0 amide bonds. The molecule has 2 nitrogen and oxygen atoms in total. The van der Waals surface area contributed by atoms with E-state index in [4.69, 9.17) is 0 Å². The number of unbranched alkanes of at least 4 members (excludes halogenated alkanes) is 1. The van der Waals surface area contributed by atoms with Crippen LogP contribution in [0.25, 0.3) is 0 Å². The first-order chi connectivity index (χ1) is 13.7. The summed E-state index contributed by atoms with van der Waals surface area (Å²) in [5.41, 5.74) is 0. The molecule has 0 aliphatic carbocycles. The highest BCUT2D eigenvalue weighted by Gasteiger charge is 2.39. The molecule has 2 fully saturated rings. The largest absolute Gasteiger partial charge is 0.328 e. The maximum Gasteiger partial charge on any atom is 0.0815 e. The third-order valence-electron chi connectivity index (χ3n) is 9.07. The lowest BCUT2D eigenvalue weighted by atomic mass is 9.82. The Kier molecular flexibility index (Phi) is 10.00. The fourth-order valence-corrected chi connectivity index (χ4v) is 6.32. The number of quaternary nitrogens is 2. The normalized spacial score (nSPS) is 30.1. The molecule has 2 saturated heterocycles. The van der Waals surface area contributed by atoms with Crippen molar-refractivity contribution in [3.05, 3.63) is 0 Å². The highest BCUT2D eigenvalue weighted by Crippen LogP contribution is 2.36. The predicted molar refractivity (Wildman–Crippen MR) is 129 cm³/mol. The Morgan fingerprint density at radius 2 is 1.52 bits per heavy atom. The van der Waals surface area contributed by atoms with Gasteiger partial charge in [0.2, 0.25) is 0 Å². The van der Waals surface area contributed by atoms with E-state index in [1.165, 1.54) is 106 Å². The lowest BCUT2D eigenvalue weighted by molar-refractivity contribution is -0.937. The smallest absolute Gasteiger partial charge is 0.0815 e. The molecule has 5 atom stereocenters. The van der Waals surface area contributed by atoms with Crippen LogP contribution in [0.3, 0.4) is 0 Å². The molecule has 0 bridgehead atoms. The zero-order chi connectivity index (χ0) is 21.5. The van der Waals surface area contributed by atoms with Gasteiger partial charge in [-0.2, -0.15) is 0 Å². The molecule has 2 aliphatic heterocycles. The van der Waals surface area contributed by atoms with E-state index in [1.807, 2.05) is 0 Å². The quantitative estimate of drug-likeness (QED) is 0.357. The van der Waals surface area contributed by atoms with Crippen molar-refractivity contribution in [2.24, 2.45) is 29.6 Å². The number of hydrogen-bond acceptors (Lipinski definition) is 0. The lowest BCUT2D eigenvalue weighted by Crippen LogP contribution is -2.54. The van der Waals surface area contributed by atoms with Gasteiger partial charge in [0.1, 0.15) is 0 Å². The molecule has 0 aromatic heterocycles. The van der Waals surface area contributed by atoms with Gasteiger partial charge in [0.15, 0.2) is 0 Å². The Hall–Kier alpha value is -0.0800. The minimum Gasteiger partial charge on any atom is -0.328 e. The van der Waals surface area contributed by atoms with Gasteiger partial charge in [0.05, 0.1) is 53.4 Å². The number of nitrogens with zero attached hydrogens (tertiary/aromatic N) is 2. The SMILES string of the molecule is CCCC[N+](C)(C)CCC(C)C(C)CCC1CC(C)C(C)C[N+]2(CCCCC2)C1. The van der Waals surface area contributed by atoms with Crippen LogP contribution in [-0.2, 0) is 0 Å². The first-order valence-electron chi connectivity index (χ1n) is 13.3. The van der Waals surface area contributed by atoms with Crippen molar-refractivity contribution in [3.8, 4) is 0 Å². The van der Waals surface area contributed by atoms with Crippen LogP contribution in [0.15, 0.2) is 0 Å². The standard InChI is InChI=1S/C27H56N2/c1-8-9-16-28(6,7)19-15-24(3)23(2)13-14-27-20-25(4)26(5)21-29(22-27)17-11-10-12-18-29/h23-27H,8-22H2,1-7H3/q+2. The van der Waals surface area contributed by atoms with Crippen molar-refractivity contribution in [3.63, 3.8) is 0 Å². The van der Waals surface area contributed by atoms with E-state index in [0.717, 1.165) is 29.6 Å². The predicted octanol–water partition coefficient (Wildman–Crippen LogP) is 6.60. The maximum atomic E-state index is 2.55. The third kappa shape index (κ3) is 8.17. The molecule has 2 heteroatoms. The van der Waals surface area contributed by atoms with Gasteiger partial charge in [0, 0.05) is 11.8 Å². The van der Waals surface area contributed by atoms with E-state index in [1.54, 1.807) is 0 Å². The van der Waals surface area contributed by atoms with Crippen molar-refractivity contribution in [2.45, 2.75) is 92.4 Å². The van der Waals surface area contributed by atoms with Crippen LogP contribution in [0.4, 0.5) is 0 Å². The zero-order valence-electron chi connectivity index (χ0n) is 21.4. The van der Waals surface area contributed by atoms with Gasteiger partial charge >= 0.3 is 0 Å². The van der Waals surface area contributed by atoms with E-state index in [2.05, 4.69) is 48.7 Å². The Morgan fingerprint density at radius 3 is 2.17 bits per heavy atom. The van der Waals surface area contributed by atoms with Crippen molar-refractivity contribution in [1.29, 1.82) is 0 Å². The molecule has 1 spiro atoms. The van der Waals surface area contributed by atoms with Crippen molar-refractivity contribution >= 4 is 0 Å². The first kappa shape index (κ1) is 25.2. The van der Waals surface area contributed by atoms with Gasteiger partial charge in [-0.15, -0.1) is 0 Å². The number of rotatable bonds is 10. The molecule has 0 aromatic rings. The second-order valence-corrected chi connectivity index (χ2v) is 12.3. The summed E-state index contributed by atoms with van der Waals surface area (Å²) in [6, 6.07) is 0. The average molecular weight is 409 g/mol. The van der Waals surface area contributed by atoms with Crippen LogP contribution in [0.2, 0.25) is 0 Å². The van der Waals surface area contributed by atoms with Crippen molar-refractivity contribution in [1.82, 2.24) is 0 Å². The van der Waals surface area contributed by atoms with E-state index in [-0.39, 0.29) is 0 Å². The molecule has 0 radical (unpaired) electrons. The summed E-state index contributed by atoms with van der Waals surface area (Å²) in [7, 11) is 4.87. The van der Waals surface area contributed by atoms with Crippen LogP contribution in [0, 0.1) is 29.6 Å². The van der Waals surface area contributed by atoms with Crippen molar-refractivity contribution in [2.75, 3.05) is 53.4 Å². The Labute approximate surface area is 184 Å². The van der Waals surface area contributed by atoms with Crippen LogP contribution in [0.1, 0.15) is 92.4 Å². The molecule has 5 unspecified atom stereocenters. The molecule has 29 heavy (non-hydrogen) atoms.